The number of cyclic esters (lactones) is 1. The summed E-state index contributed by atoms with van der Waals surface area (Å²) in [6.07, 6.45) is 19.6. The predicted molar refractivity (Wildman–Crippen MR) is 172 cm³/mol. The second-order valence-corrected chi connectivity index (χ2v) is 17.3. The minimum Gasteiger partial charge on any atom is -0.435 e. The molecular weight excluding hydrogens is 516 g/mol. The van der Waals surface area contributed by atoms with Crippen molar-refractivity contribution in [1.29, 1.82) is 0 Å². The van der Waals surface area contributed by atoms with Crippen molar-refractivity contribution < 1.29 is 14.3 Å². The van der Waals surface area contributed by atoms with Crippen LogP contribution in [0.5, 0.6) is 0 Å². The summed E-state index contributed by atoms with van der Waals surface area (Å²) < 4.78 is 12.8. The average Bonchev–Trinajstić information content (AvgIpc) is 3.52. The summed E-state index contributed by atoms with van der Waals surface area (Å²) in [5, 5.41) is 0. The van der Waals surface area contributed by atoms with E-state index in [1.165, 1.54) is 64.2 Å². The van der Waals surface area contributed by atoms with Crippen LogP contribution in [0.3, 0.4) is 0 Å². The lowest BCUT2D eigenvalue weighted by Gasteiger charge is -2.58. The second kappa shape index (κ2) is 11.8. The highest BCUT2D eigenvalue weighted by Gasteiger charge is 2.59. The number of rotatable bonds is 8. The van der Waals surface area contributed by atoms with E-state index in [9.17, 15) is 4.79 Å². The zero-order valence-corrected chi connectivity index (χ0v) is 28.5. The molecule has 0 unspecified atom stereocenters. The fourth-order valence-corrected chi connectivity index (χ4v) is 12.5. The zero-order valence-electron chi connectivity index (χ0n) is 28.5. The van der Waals surface area contributed by atoms with Gasteiger partial charge in [0.15, 0.2) is 0 Å². The third-order valence-corrected chi connectivity index (χ3v) is 15.3. The Bertz CT molecular complexity index is 1020. The quantitative estimate of drug-likeness (QED) is 0.212. The van der Waals surface area contributed by atoms with Crippen LogP contribution in [0, 0.1) is 75.9 Å². The van der Waals surface area contributed by atoms with E-state index in [1.54, 1.807) is 5.57 Å². The molecule has 14 atom stereocenters. The number of fused-ring (bicyclic) bond motifs is 6. The Morgan fingerprint density at radius 1 is 0.952 bits per heavy atom. The van der Waals surface area contributed by atoms with E-state index in [-0.39, 0.29) is 24.3 Å². The molecule has 238 valence electrons. The number of esters is 1. The fraction of sp³-hybridized carbons (Fsp3) is 0.923. The summed E-state index contributed by atoms with van der Waals surface area (Å²) in [4.78, 5) is 12.7. The Kier molecular flexibility index (Phi) is 8.78. The first-order valence-corrected chi connectivity index (χ1v) is 18.5. The van der Waals surface area contributed by atoms with Crippen LogP contribution < -0.4 is 0 Å². The summed E-state index contributed by atoms with van der Waals surface area (Å²) in [6.45, 7) is 19.6. The topological polar surface area (TPSA) is 35.5 Å². The van der Waals surface area contributed by atoms with Crippen LogP contribution in [-0.4, -0.2) is 18.4 Å². The van der Waals surface area contributed by atoms with Crippen molar-refractivity contribution in [3.63, 3.8) is 0 Å². The molecule has 0 spiro atoms. The van der Waals surface area contributed by atoms with E-state index < -0.39 is 0 Å². The molecule has 0 radical (unpaired) electrons. The van der Waals surface area contributed by atoms with E-state index in [0.717, 1.165) is 60.7 Å². The molecule has 5 fully saturated rings. The van der Waals surface area contributed by atoms with Crippen molar-refractivity contribution in [2.24, 2.45) is 75.9 Å². The molecule has 1 saturated heterocycles. The van der Waals surface area contributed by atoms with Crippen LogP contribution in [0.15, 0.2) is 11.6 Å². The van der Waals surface area contributed by atoms with E-state index in [4.69, 9.17) is 9.47 Å². The van der Waals surface area contributed by atoms with Gasteiger partial charge in [-0.05, 0) is 135 Å². The van der Waals surface area contributed by atoms with E-state index in [2.05, 4.69) is 61.5 Å². The maximum Gasteiger partial charge on any atom is 0.311 e. The number of hydrogen-bond acceptors (Lipinski definition) is 3. The largest absolute Gasteiger partial charge is 0.435 e. The summed E-state index contributed by atoms with van der Waals surface area (Å²) in [7, 11) is 0. The van der Waals surface area contributed by atoms with Crippen molar-refractivity contribution in [1.82, 2.24) is 0 Å². The van der Waals surface area contributed by atoms with Gasteiger partial charge in [-0.3, -0.25) is 4.79 Å². The molecule has 1 aliphatic heterocycles. The fourth-order valence-electron chi connectivity index (χ4n) is 12.5. The second-order valence-electron chi connectivity index (χ2n) is 17.3. The standard InChI is InChI=1S/C39H64O3/c1-9-27(23(2)3)12-10-24(4)32-16-17-33-31-15-13-28-22-29(18-20-38(28,7)34(31)19-21-39(32,33)8)41-37-35-25(5)11-14-30(35)26(6)36(40)42-37/h13,23-27,29-35,37H,9-12,14-22H2,1-8H3/t24-,25+,26-,27-,29-,30+,31+,32-,33+,34+,35+,37-,38+,39-/m1/s1. The normalized spacial score (nSPS) is 48.0. The Morgan fingerprint density at radius 2 is 1.74 bits per heavy atom. The van der Waals surface area contributed by atoms with Crippen molar-refractivity contribution in [2.75, 3.05) is 0 Å². The first-order valence-electron chi connectivity index (χ1n) is 18.5. The van der Waals surface area contributed by atoms with Gasteiger partial charge in [-0.2, -0.15) is 0 Å². The molecule has 4 saturated carbocycles. The molecule has 0 bridgehead atoms. The van der Waals surface area contributed by atoms with Crippen LogP contribution in [-0.2, 0) is 14.3 Å². The van der Waals surface area contributed by atoms with E-state index >= 15 is 0 Å². The summed E-state index contributed by atoms with van der Waals surface area (Å²) in [6, 6.07) is 0. The van der Waals surface area contributed by atoms with Gasteiger partial charge in [-0.25, -0.2) is 0 Å². The maximum atomic E-state index is 12.7. The third-order valence-electron chi connectivity index (χ3n) is 15.3. The van der Waals surface area contributed by atoms with Crippen LogP contribution >= 0.6 is 0 Å². The van der Waals surface area contributed by atoms with Crippen LogP contribution in [0.1, 0.15) is 139 Å². The van der Waals surface area contributed by atoms with Gasteiger partial charge in [0.05, 0.1) is 12.0 Å². The molecule has 0 aromatic rings. The summed E-state index contributed by atoms with van der Waals surface area (Å²) >= 11 is 0. The van der Waals surface area contributed by atoms with Gasteiger partial charge in [-0.15, -0.1) is 0 Å². The number of hydrogen-bond donors (Lipinski definition) is 0. The maximum absolute atomic E-state index is 12.7. The zero-order chi connectivity index (χ0) is 30.0. The van der Waals surface area contributed by atoms with Gasteiger partial charge in [-0.1, -0.05) is 79.9 Å². The molecule has 3 heteroatoms. The van der Waals surface area contributed by atoms with Gasteiger partial charge in [0.25, 0.3) is 0 Å². The Hall–Kier alpha value is -0.830. The molecule has 3 nitrogen and oxygen atoms in total. The number of carbonyl (C=O) groups is 1. The van der Waals surface area contributed by atoms with Gasteiger partial charge >= 0.3 is 5.97 Å². The SMILES string of the molecule is CC[C@H](CC[C@@H](C)[C@H]1CC[C@H]2[C@@H]3CC=C4C[C@H](O[C@@H]5OC(=O)[C@H](C)[C@@H]6CC[C@H](C)[C@H]56)CC[C@]4(C)[C@H]3CC[C@]12C)C(C)C. The lowest BCUT2D eigenvalue weighted by molar-refractivity contribution is -0.238. The Morgan fingerprint density at radius 3 is 2.48 bits per heavy atom. The van der Waals surface area contributed by atoms with E-state index in [0.29, 0.717) is 28.6 Å². The number of allylic oxidation sites excluding steroid dienone is 1. The highest BCUT2D eigenvalue weighted by Crippen LogP contribution is 2.67. The van der Waals surface area contributed by atoms with Crippen LogP contribution in [0.4, 0.5) is 0 Å². The molecular formula is C39H64O3. The highest BCUT2D eigenvalue weighted by atomic mass is 16.7. The predicted octanol–water partition coefficient (Wildman–Crippen LogP) is 10.2. The highest BCUT2D eigenvalue weighted by molar-refractivity contribution is 5.73. The van der Waals surface area contributed by atoms with Crippen molar-refractivity contribution in [3.05, 3.63) is 11.6 Å². The van der Waals surface area contributed by atoms with Gasteiger partial charge in [0, 0.05) is 5.92 Å². The molecule has 0 aromatic heterocycles. The van der Waals surface area contributed by atoms with Gasteiger partial charge in [0.2, 0.25) is 6.29 Å². The van der Waals surface area contributed by atoms with Gasteiger partial charge < -0.3 is 9.47 Å². The van der Waals surface area contributed by atoms with Gasteiger partial charge in [0.1, 0.15) is 0 Å². The average molecular weight is 581 g/mol. The first-order chi connectivity index (χ1) is 20.0. The lowest BCUT2D eigenvalue weighted by Crippen LogP contribution is -2.51. The molecule has 5 aliphatic carbocycles. The van der Waals surface area contributed by atoms with Crippen molar-refractivity contribution in [3.8, 4) is 0 Å². The smallest absolute Gasteiger partial charge is 0.311 e. The summed E-state index contributed by atoms with van der Waals surface area (Å²) in [5.74, 6) is 7.49. The molecule has 6 aliphatic rings. The Labute approximate surface area is 258 Å². The summed E-state index contributed by atoms with van der Waals surface area (Å²) in [5.41, 5.74) is 2.55. The molecule has 0 aromatic carbocycles. The minimum atomic E-state index is -0.330. The van der Waals surface area contributed by atoms with Crippen LogP contribution in [0.25, 0.3) is 0 Å². The van der Waals surface area contributed by atoms with E-state index in [1.807, 2.05) is 0 Å². The lowest BCUT2D eigenvalue weighted by atomic mass is 9.47. The third kappa shape index (κ3) is 5.16. The molecule has 42 heavy (non-hydrogen) atoms. The Balaban J connectivity index is 1.11. The monoisotopic (exact) mass is 580 g/mol. The van der Waals surface area contributed by atoms with Crippen LogP contribution in [0.2, 0.25) is 0 Å². The molecule has 0 amide bonds. The first kappa shape index (κ1) is 31.2. The number of ether oxygens (including phenoxy) is 2. The van der Waals surface area contributed by atoms with Crippen molar-refractivity contribution >= 4 is 5.97 Å². The molecule has 1 heterocycles. The molecule has 6 rings (SSSR count). The molecule has 0 N–H and O–H groups in total. The minimum absolute atomic E-state index is 0.0240. The van der Waals surface area contributed by atoms with Crippen molar-refractivity contribution in [2.45, 2.75) is 151 Å². The number of carbonyl (C=O) groups excluding carboxylic acids is 1.